The van der Waals surface area contributed by atoms with Crippen molar-refractivity contribution in [2.45, 2.75) is 32.6 Å². The van der Waals surface area contributed by atoms with Crippen LogP contribution in [0.5, 0.6) is 0 Å². The monoisotopic (exact) mass is 266 g/mol. The number of rotatable bonds is 5. The van der Waals surface area contributed by atoms with Crippen LogP contribution in [0.3, 0.4) is 0 Å². The summed E-state index contributed by atoms with van der Waals surface area (Å²) < 4.78 is 26.4. The third-order valence-electron chi connectivity index (χ3n) is 2.81. The number of benzene rings is 1. The Kier molecular flexibility index (Phi) is 4.88. The molecule has 0 aliphatic carbocycles. The Morgan fingerprint density at radius 2 is 1.78 bits per heavy atom. The van der Waals surface area contributed by atoms with Crippen LogP contribution < -0.4 is 4.72 Å². The lowest BCUT2D eigenvalue weighted by molar-refractivity contribution is 0.476. The average Bonchev–Trinajstić information content (AvgIpc) is 2.28. The number of nitrogens with zero attached hydrogens (tertiary/aromatic N) is 1. The van der Waals surface area contributed by atoms with Crippen LogP contribution >= 0.6 is 0 Å². The number of nitrogens with one attached hydrogen (secondary N) is 1. The lowest BCUT2D eigenvalue weighted by atomic mass is 10.1. The maximum absolute atomic E-state index is 11.9. The van der Waals surface area contributed by atoms with Crippen molar-refractivity contribution in [3.63, 3.8) is 0 Å². The molecule has 5 heteroatoms. The van der Waals surface area contributed by atoms with Crippen molar-refractivity contribution in [3.8, 4) is 6.07 Å². The molecule has 0 saturated carbocycles. The van der Waals surface area contributed by atoms with Crippen LogP contribution in [-0.2, 0) is 15.8 Å². The highest BCUT2D eigenvalue weighted by molar-refractivity contribution is 7.88. The molecule has 0 aliphatic rings. The second-order valence-electron chi connectivity index (χ2n) is 4.72. The van der Waals surface area contributed by atoms with E-state index in [9.17, 15) is 8.42 Å². The minimum absolute atomic E-state index is 0.0598. The van der Waals surface area contributed by atoms with Gasteiger partial charge in [0.15, 0.2) is 0 Å². The fourth-order valence-corrected chi connectivity index (χ4v) is 2.91. The maximum atomic E-state index is 11.9. The smallest absolute Gasteiger partial charge is 0.212 e. The number of hydrogen-bond acceptors (Lipinski definition) is 3. The van der Waals surface area contributed by atoms with E-state index in [1.165, 1.54) is 0 Å². The van der Waals surface area contributed by atoms with E-state index in [2.05, 4.69) is 4.72 Å². The molecule has 4 nitrogen and oxygen atoms in total. The lowest BCUT2D eigenvalue weighted by Gasteiger charge is -2.17. The van der Waals surface area contributed by atoms with E-state index in [1.54, 1.807) is 24.3 Å². The summed E-state index contributed by atoms with van der Waals surface area (Å²) in [4.78, 5) is 0. The van der Waals surface area contributed by atoms with E-state index in [4.69, 9.17) is 5.26 Å². The van der Waals surface area contributed by atoms with Gasteiger partial charge in [-0.15, -0.1) is 0 Å². The van der Waals surface area contributed by atoms with E-state index in [0.717, 1.165) is 0 Å². The highest BCUT2D eigenvalue weighted by atomic mass is 32.2. The minimum Gasteiger partial charge on any atom is -0.212 e. The maximum Gasteiger partial charge on any atom is 0.216 e. The second-order valence-corrected chi connectivity index (χ2v) is 6.47. The molecule has 0 fully saturated rings. The minimum atomic E-state index is -3.33. The molecule has 0 saturated heterocycles. The van der Waals surface area contributed by atoms with Crippen LogP contribution in [-0.4, -0.2) is 14.5 Å². The summed E-state index contributed by atoms with van der Waals surface area (Å²) >= 11 is 0. The molecule has 0 bridgehead atoms. The van der Waals surface area contributed by atoms with Crippen LogP contribution in [0.25, 0.3) is 0 Å². The summed E-state index contributed by atoms with van der Waals surface area (Å²) in [6, 6.07) is 8.48. The van der Waals surface area contributed by atoms with Crippen molar-refractivity contribution in [1.82, 2.24) is 4.72 Å². The molecule has 0 spiro atoms. The lowest BCUT2D eigenvalue weighted by Crippen LogP contribution is -2.36. The normalized spacial score (nSPS) is 13.3. The van der Waals surface area contributed by atoms with Crippen molar-refractivity contribution >= 4 is 10.0 Å². The first-order chi connectivity index (χ1) is 8.34. The zero-order valence-electron chi connectivity index (χ0n) is 10.8. The average molecular weight is 266 g/mol. The summed E-state index contributed by atoms with van der Waals surface area (Å²) in [7, 11) is -3.33. The highest BCUT2D eigenvalue weighted by Gasteiger charge is 2.17. The molecule has 1 atom stereocenters. The van der Waals surface area contributed by atoms with Crippen molar-refractivity contribution in [2.24, 2.45) is 5.92 Å². The van der Waals surface area contributed by atoms with Crippen LogP contribution in [0.2, 0.25) is 0 Å². The fraction of sp³-hybridized carbons (Fsp3) is 0.462. The van der Waals surface area contributed by atoms with Gasteiger partial charge in [-0.25, -0.2) is 13.1 Å². The van der Waals surface area contributed by atoms with E-state index >= 15 is 0 Å². The predicted octanol–water partition coefficient (Wildman–Crippen LogP) is 2.02. The van der Waals surface area contributed by atoms with Gasteiger partial charge in [0.1, 0.15) is 0 Å². The topological polar surface area (TPSA) is 70.0 Å². The zero-order valence-corrected chi connectivity index (χ0v) is 11.7. The molecular weight excluding hydrogens is 248 g/mol. The standard InChI is InChI=1S/C13H18N2O2S/c1-10(2)11(3)15-18(16,17)9-13-6-4-12(8-14)5-7-13/h4-7,10-11,15H,9H2,1-3H3/t11-/m0/s1. The highest BCUT2D eigenvalue weighted by Crippen LogP contribution is 2.09. The molecule has 0 aliphatic heterocycles. The quantitative estimate of drug-likeness (QED) is 0.886. The third kappa shape index (κ3) is 4.47. The van der Waals surface area contributed by atoms with Gasteiger partial charge in [-0.3, -0.25) is 0 Å². The Labute approximate surface area is 109 Å². The van der Waals surface area contributed by atoms with Gasteiger partial charge in [-0.05, 0) is 30.5 Å². The van der Waals surface area contributed by atoms with Crippen molar-refractivity contribution in [1.29, 1.82) is 5.26 Å². The zero-order chi connectivity index (χ0) is 13.8. The first-order valence-electron chi connectivity index (χ1n) is 5.83. The molecule has 98 valence electrons. The molecule has 1 N–H and O–H groups in total. The Hall–Kier alpha value is -1.38. The van der Waals surface area contributed by atoms with Gasteiger partial charge in [-0.1, -0.05) is 26.0 Å². The van der Waals surface area contributed by atoms with Crippen molar-refractivity contribution in [3.05, 3.63) is 35.4 Å². The summed E-state index contributed by atoms with van der Waals surface area (Å²) in [5.41, 5.74) is 1.21. The fourth-order valence-electron chi connectivity index (χ4n) is 1.36. The van der Waals surface area contributed by atoms with Gasteiger partial charge in [0, 0.05) is 6.04 Å². The van der Waals surface area contributed by atoms with Crippen LogP contribution in [0.4, 0.5) is 0 Å². The molecule has 0 heterocycles. The molecule has 1 aromatic carbocycles. The summed E-state index contributed by atoms with van der Waals surface area (Å²) in [5.74, 6) is 0.191. The van der Waals surface area contributed by atoms with Gasteiger partial charge in [0.25, 0.3) is 0 Å². The Balaban J connectivity index is 2.74. The van der Waals surface area contributed by atoms with Crippen LogP contribution in [0.15, 0.2) is 24.3 Å². The van der Waals surface area contributed by atoms with Gasteiger partial charge < -0.3 is 0 Å². The molecule has 0 amide bonds. The first-order valence-corrected chi connectivity index (χ1v) is 7.48. The Morgan fingerprint density at radius 3 is 2.22 bits per heavy atom. The SMILES string of the molecule is CC(C)[C@H](C)NS(=O)(=O)Cc1ccc(C#N)cc1. The van der Waals surface area contributed by atoms with Gasteiger partial charge >= 0.3 is 0 Å². The summed E-state index contributed by atoms with van der Waals surface area (Å²) in [6.45, 7) is 5.78. The van der Waals surface area contributed by atoms with E-state index in [-0.39, 0.29) is 17.7 Å². The van der Waals surface area contributed by atoms with E-state index < -0.39 is 10.0 Å². The predicted molar refractivity (Wildman–Crippen MR) is 71.2 cm³/mol. The molecule has 1 rings (SSSR count). The van der Waals surface area contributed by atoms with Crippen LogP contribution in [0, 0.1) is 17.2 Å². The Bertz CT molecular complexity index is 527. The number of hydrogen-bond donors (Lipinski definition) is 1. The third-order valence-corrected chi connectivity index (χ3v) is 4.25. The molecule has 18 heavy (non-hydrogen) atoms. The molecular formula is C13H18N2O2S. The molecule has 1 aromatic rings. The van der Waals surface area contributed by atoms with Crippen molar-refractivity contribution < 1.29 is 8.42 Å². The van der Waals surface area contributed by atoms with E-state index in [1.807, 2.05) is 26.8 Å². The molecule has 0 radical (unpaired) electrons. The van der Waals surface area contributed by atoms with Gasteiger partial charge in [0.05, 0.1) is 17.4 Å². The van der Waals surface area contributed by atoms with E-state index in [0.29, 0.717) is 11.1 Å². The number of nitriles is 1. The number of sulfonamides is 1. The van der Waals surface area contributed by atoms with Gasteiger partial charge in [0.2, 0.25) is 10.0 Å². The summed E-state index contributed by atoms with van der Waals surface area (Å²) in [6.07, 6.45) is 0. The second kappa shape index (κ2) is 5.98. The molecule has 0 unspecified atom stereocenters. The van der Waals surface area contributed by atoms with Crippen molar-refractivity contribution in [2.75, 3.05) is 0 Å². The first kappa shape index (κ1) is 14.7. The largest absolute Gasteiger partial charge is 0.216 e. The summed E-state index contributed by atoms with van der Waals surface area (Å²) in [5, 5.41) is 8.66. The van der Waals surface area contributed by atoms with Crippen LogP contribution in [0.1, 0.15) is 31.9 Å². The Morgan fingerprint density at radius 1 is 1.22 bits per heavy atom. The van der Waals surface area contributed by atoms with Gasteiger partial charge in [-0.2, -0.15) is 5.26 Å². The molecule has 0 aromatic heterocycles.